The van der Waals surface area contributed by atoms with Crippen LogP contribution in [-0.2, 0) is 17.9 Å². The molecule has 0 spiro atoms. The predicted molar refractivity (Wildman–Crippen MR) is 124 cm³/mol. The second-order valence-corrected chi connectivity index (χ2v) is 7.60. The molecule has 32 heavy (non-hydrogen) atoms. The van der Waals surface area contributed by atoms with Gasteiger partial charge in [-0.15, -0.1) is 0 Å². The van der Waals surface area contributed by atoms with Crippen LogP contribution in [0.4, 0.5) is 0 Å². The molecule has 0 aliphatic rings. The van der Waals surface area contributed by atoms with Crippen molar-refractivity contribution in [2.24, 2.45) is 5.73 Å². The van der Waals surface area contributed by atoms with Gasteiger partial charge in [0.15, 0.2) is 0 Å². The number of rotatable bonds is 9. The number of hydroxylamine groups is 1. The Hall–Kier alpha value is -3.52. The molecule has 0 aliphatic heterocycles. The summed E-state index contributed by atoms with van der Waals surface area (Å²) in [5, 5.41) is 14.6. The van der Waals surface area contributed by atoms with Crippen LogP contribution in [0.2, 0.25) is 0 Å². The van der Waals surface area contributed by atoms with Gasteiger partial charge in [-0.3, -0.25) is 14.8 Å². The molecule has 0 fully saturated rings. The molecule has 2 amide bonds. The van der Waals surface area contributed by atoms with Gasteiger partial charge in [0.2, 0.25) is 0 Å². The minimum absolute atomic E-state index is 0.123. The van der Waals surface area contributed by atoms with E-state index in [2.05, 4.69) is 54.0 Å². The number of benzene rings is 3. The summed E-state index contributed by atoms with van der Waals surface area (Å²) in [6.45, 7) is 3.55. The molecule has 0 radical (unpaired) electrons. The quantitative estimate of drug-likeness (QED) is 0.263. The lowest BCUT2D eigenvalue weighted by Gasteiger charge is -2.14. The zero-order valence-electron chi connectivity index (χ0n) is 18.0. The molecule has 0 aromatic heterocycles. The first-order valence-electron chi connectivity index (χ1n) is 10.4. The molecule has 3 rings (SSSR count). The van der Waals surface area contributed by atoms with Crippen molar-refractivity contribution in [3.05, 3.63) is 95.1 Å². The number of carbonyl (C=O) groups excluding carboxylic acids is 2. The third-order valence-electron chi connectivity index (χ3n) is 5.18. The Morgan fingerprint density at radius 3 is 1.84 bits per heavy atom. The first-order chi connectivity index (χ1) is 15.5. The van der Waals surface area contributed by atoms with Crippen molar-refractivity contribution in [2.45, 2.75) is 26.1 Å². The summed E-state index contributed by atoms with van der Waals surface area (Å²) in [5.74, 6) is -1.20. The Morgan fingerprint density at radius 2 is 1.34 bits per heavy atom. The largest absolute Gasteiger partial charge is 0.339 e. The molecule has 1 atom stereocenters. The molecule has 0 aliphatic carbocycles. The lowest BCUT2D eigenvalue weighted by Crippen LogP contribution is -2.50. The van der Waals surface area contributed by atoms with Gasteiger partial charge in [0.05, 0.1) is 0 Å². The van der Waals surface area contributed by atoms with E-state index >= 15 is 0 Å². The minimum Gasteiger partial charge on any atom is -0.339 e. The summed E-state index contributed by atoms with van der Waals surface area (Å²) in [4.78, 5) is 23.8. The number of carbonyl (C=O) groups is 2. The molecule has 0 saturated carbocycles. The van der Waals surface area contributed by atoms with Gasteiger partial charge >= 0.3 is 0 Å². The van der Waals surface area contributed by atoms with Gasteiger partial charge in [-0.1, -0.05) is 66.2 Å². The SMILES string of the molecule is Cc1ccc(CNCc2ccc(-c3ccc(C(=O)N[C@@H](CN)C(=O)NO)cc3)cc2)cc1. The van der Waals surface area contributed by atoms with Crippen molar-refractivity contribution >= 4 is 11.8 Å². The zero-order chi connectivity index (χ0) is 22.9. The number of amides is 2. The van der Waals surface area contributed by atoms with E-state index in [0.717, 1.165) is 24.2 Å². The zero-order valence-corrected chi connectivity index (χ0v) is 18.0. The highest BCUT2D eigenvalue weighted by Gasteiger charge is 2.19. The standard InChI is InChI=1S/C25H28N4O3/c1-17-2-4-18(5-3-17)15-27-16-19-6-8-20(9-7-19)21-10-12-22(13-11-21)24(30)28-23(14-26)25(31)29-32/h2-13,23,27,32H,14-16,26H2,1H3,(H,28,30)(H,29,31)/t23-/m0/s1. The van der Waals surface area contributed by atoms with Crippen molar-refractivity contribution in [1.29, 1.82) is 0 Å². The number of aryl methyl sites for hydroxylation is 1. The van der Waals surface area contributed by atoms with Crippen LogP contribution in [0.3, 0.4) is 0 Å². The summed E-state index contributed by atoms with van der Waals surface area (Å²) in [6, 6.07) is 22.8. The average Bonchev–Trinajstić information content (AvgIpc) is 2.83. The van der Waals surface area contributed by atoms with E-state index < -0.39 is 17.9 Å². The molecule has 0 unspecified atom stereocenters. The maximum absolute atomic E-state index is 12.3. The number of nitrogens with two attached hydrogens (primary N) is 1. The van der Waals surface area contributed by atoms with Crippen LogP contribution in [0.5, 0.6) is 0 Å². The highest BCUT2D eigenvalue weighted by molar-refractivity contribution is 5.97. The number of nitrogens with one attached hydrogen (secondary N) is 3. The molecule has 6 N–H and O–H groups in total. The van der Waals surface area contributed by atoms with Gasteiger partial charge in [-0.2, -0.15) is 0 Å². The first kappa shape index (κ1) is 23.1. The Morgan fingerprint density at radius 1 is 0.844 bits per heavy atom. The molecule has 0 saturated heterocycles. The van der Waals surface area contributed by atoms with Crippen molar-refractivity contribution in [2.75, 3.05) is 6.54 Å². The van der Waals surface area contributed by atoms with Crippen molar-refractivity contribution < 1.29 is 14.8 Å². The van der Waals surface area contributed by atoms with Crippen LogP contribution in [0, 0.1) is 6.92 Å². The second kappa shape index (κ2) is 11.2. The molecule has 3 aromatic rings. The maximum Gasteiger partial charge on any atom is 0.267 e. The molecular weight excluding hydrogens is 404 g/mol. The van der Waals surface area contributed by atoms with E-state index in [9.17, 15) is 9.59 Å². The third-order valence-corrected chi connectivity index (χ3v) is 5.18. The summed E-state index contributed by atoms with van der Waals surface area (Å²) in [7, 11) is 0. The highest BCUT2D eigenvalue weighted by Crippen LogP contribution is 2.20. The first-order valence-corrected chi connectivity index (χ1v) is 10.4. The van der Waals surface area contributed by atoms with Crippen LogP contribution < -0.4 is 21.8 Å². The molecule has 7 nitrogen and oxygen atoms in total. The Kier molecular flexibility index (Phi) is 8.10. The third kappa shape index (κ3) is 6.24. The van der Waals surface area contributed by atoms with E-state index in [1.807, 2.05) is 24.3 Å². The van der Waals surface area contributed by atoms with Crippen molar-refractivity contribution in [1.82, 2.24) is 16.1 Å². The van der Waals surface area contributed by atoms with Gasteiger partial charge in [0.25, 0.3) is 11.8 Å². The maximum atomic E-state index is 12.3. The van der Waals surface area contributed by atoms with E-state index in [4.69, 9.17) is 10.9 Å². The fourth-order valence-corrected chi connectivity index (χ4v) is 3.24. The van der Waals surface area contributed by atoms with Crippen LogP contribution in [-0.4, -0.2) is 29.6 Å². The summed E-state index contributed by atoms with van der Waals surface area (Å²) >= 11 is 0. The molecular formula is C25H28N4O3. The van der Waals surface area contributed by atoms with Crippen LogP contribution in [0.15, 0.2) is 72.8 Å². The highest BCUT2D eigenvalue weighted by atomic mass is 16.5. The monoisotopic (exact) mass is 432 g/mol. The number of hydrogen-bond donors (Lipinski definition) is 5. The normalized spacial score (nSPS) is 11.6. The Bertz CT molecular complexity index is 1030. The van der Waals surface area contributed by atoms with Crippen LogP contribution in [0.1, 0.15) is 27.0 Å². The van der Waals surface area contributed by atoms with E-state index in [0.29, 0.717) is 5.56 Å². The fourth-order valence-electron chi connectivity index (χ4n) is 3.24. The summed E-state index contributed by atoms with van der Waals surface area (Å²) in [6.07, 6.45) is 0. The molecule has 3 aromatic carbocycles. The van der Waals surface area contributed by atoms with Gasteiger partial charge in [-0.05, 0) is 41.3 Å². The van der Waals surface area contributed by atoms with Gasteiger partial charge < -0.3 is 16.4 Å². The van der Waals surface area contributed by atoms with Crippen LogP contribution >= 0.6 is 0 Å². The fraction of sp³-hybridized carbons (Fsp3) is 0.200. The van der Waals surface area contributed by atoms with Crippen molar-refractivity contribution in [3.8, 4) is 11.1 Å². The van der Waals surface area contributed by atoms with E-state index in [1.54, 1.807) is 12.1 Å². The lowest BCUT2D eigenvalue weighted by molar-refractivity contribution is -0.130. The Labute approximate surface area is 187 Å². The minimum atomic E-state index is -1.00. The second-order valence-electron chi connectivity index (χ2n) is 7.60. The van der Waals surface area contributed by atoms with E-state index in [-0.39, 0.29) is 6.54 Å². The summed E-state index contributed by atoms with van der Waals surface area (Å²) < 4.78 is 0. The topological polar surface area (TPSA) is 116 Å². The van der Waals surface area contributed by atoms with Gasteiger partial charge in [-0.25, -0.2) is 5.48 Å². The average molecular weight is 433 g/mol. The molecule has 0 bridgehead atoms. The molecule has 166 valence electrons. The summed E-state index contributed by atoms with van der Waals surface area (Å²) in [5.41, 5.74) is 13.1. The van der Waals surface area contributed by atoms with Crippen molar-refractivity contribution in [3.63, 3.8) is 0 Å². The lowest BCUT2D eigenvalue weighted by atomic mass is 10.0. The molecule has 0 heterocycles. The van der Waals surface area contributed by atoms with Gasteiger partial charge in [0.1, 0.15) is 6.04 Å². The van der Waals surface area contributed by atoms with Crippen LogP contribution in [0.25, 0.3) is 11.1 Å². The predicted octanol–water partition coefficient (Wildman–Crippen LogP) is 2.51. The molecule has 7 heteroatoms. The number of hydrogen-bond acceptors (Lipinski definition) is 5. The van der Waals surface area contributed by atoms with Gasteiger partial charge in [0, 0.05) is 25.2 Å². The van der Waals surface area contributed by atoms with E-state index in [1.165, 1.54) is 22.2 Å². The smallest absolute Gasteiger partial charge is 0.267 e. The Balaban J connectivity index is 1.55.